The molecule has 2 aliphatic rings. The van der Waals surface area contributed by atoms with E-state index in [4.69, 9.17) is 0 Å². The average molecular weight is 896 g/mol. The number of hydrogen-bond acceptors (Lipinski definition) is 14. The Hall–Kier alpha value is -5.60. The molecule has 0 saturated carbocycles. The second-order valence-corrected chi connectivity index (χ2v) is 17.8. The number of nitrogens with zero attached hydrogens (tertiary/aromatic N) is 8. The van der Waals surface area contributed by atoms with Crippen molar-refractivity contribution < 1.29 is 69.0 Å². The van der Waals surface area contributed by atoms with E-state index >= 15 is 0 Å². The van der Waals surface area contributed by atoms with Crippen LogP contribution in [0, 0.1) is 0 Å². The van der Waals surface area contributed by atoms with E-state index in [1.54, 1.807) is 0 Å². The summed E-state index contributed by atoms with van der Waals surface area (Å²) in [5, 5.41) is 0.280. The third-order valence-electron chi connectivity index (χ3n) is 8.78. The Morgan fingerprint density at radius 1 is 0.404 bits per heavy atom. The molecule has 0 aliphatic carbocycles. The molecule has 5 heterocycles. The summed E-state index contributed by atoms with van der Waals surface area (Å²) >= 11 is 0. The minimum absolute atomic E-state index is 0. The van der Waals surface area contributed by atoms with Crippen molar-refractivity contribution in [3.63, 3.8) is 0 Å². The third-order valence-corrected chi connectivity index (χ3v) is 12.2. The van der Waals surface area contributed by atoms with Crippen molar-refractivity contribution in [3.8, 4) is 45.6 Å². The maximum atomic E-state index is 12.6. The van der Waals surface area contributed by atoms with Crippen LogP contribution in [0.2, 0.25) is 0 Å². The van der Waals surface area contributed by atoms with Gasteiger partial charge in [-0.1, -0.05) is 30.3 Å². The quantitative estimate of drug-likeness (QED) is 0.146. The zero-order chi connectivity index (χ0) is 39.7. The summed E-state index contributed by atoms with van der Waals surface area (Å²) in [4.78, 5) is 33.7. The predicted octanol–water partition coefficient (Wildman–Crippen LogP) is 3.11. The number of rotatable bonds is 4. The predicted molar refractivity (Wildman–Crippen MR) is 193 cm³/mol. The molecular formula is C32H16CuN8O12S4. The van der Waals surface area contributed by atoms with E-state index in [-0.39, 0.29) is 107 Å². The van der Waals surface area contributed by atoms with E-state index < -0.39 is 60.1 Å². The van der Waals surface area contributed by atoms with Gasteiger partial charge in [0.25, 0.3) is 40.5 Å². The first-order valence-corrected chi connectivity index (χ1v) is 21.2. The minimum atomic E-state index is -4.94. The van der Waals surface area contributed by atoms with Gasteiger partial charge in [-0.15, -0.1) is 0 Å². The molecular weight excluding hydrogens is 880 g/mol. The van der Waals surface area contributed by atoms with E-state index in [1.807, 2.05) is 0 Å². The maximum Gasteiger partial charge on any atom is 2.00 e. The van der Waals surface area contributed by atoms with Crippen LogP contribution in [0.1, 0.15) is 0 Å². The Morgan fingerprint density at radius 3 is 1.33 bits per heavy atom. The number of fused-ring (bicyclic) bond motifs is 20. The molecule has 20 nitrogen and oxygen atoms in total. The fourth-order valence-corrected chi connectivity index (χ4v) is 8.54. The molecule has 0 fully saturated rings. The third kappa shape index (κ3) is 6.44. The summed E-state index contributed by atoms with van der Waals surface area (Å²) in [5.74, 6) is -0.943. The van der Waals surface area contributed by atoms with Crippen molar-refractivity contribution in [2.75, 3.05) is 0 Å². The van der Waals surface area contributed by atoms with Crippen LogP contribution in [0.3, 0.4) is 0 Å². The first-order chi connectivity index (χ1) is 26.2. The van der Waals surface area contributed by atoms with Gasteiger partial charge < -0.3 is 29.9 Å². The van der Waals surface area contributed by atoms with Gasteiger partial charge in [-0.25, -0.2) is 9.97 Å². The van der Waals surface area contributed by atoms with Crippen molar-refractivity contribution in [1.82, 2.24) is 39.9 Å². The van der Waals surface area contributed by atoms with Crippen LogP contribution in [0.4, 0.5) is 0 Å². The Kier molecular flexibility index (Phi) is 8.53. The summed E-state index contributed by atoms with van der Waals surface area (Å²) in [6, 6.07) is 13.9. The standard InChI is InChI=1S/C32H16N8O12S4.Cu/c41-53(42,43)13-4-7-16-20(10-13)29-33-25(16)35-30-22-12-15(55(47,48)49)6-9-18(22)27(37-30)39-32-24-19(2-1-3-23(24)56(50,51)52)28(40-32)38-31-21-11-14(54(44,45)46)5-8-17(21)26(34-29)36-31;/h1-12H,(H4-2,33,34,35,36,37,38,39,40,41,42,43,44,45,46,47,48,49,50,51,52);/q-2;+2. The molecule has 4 aromatic carbocycles. The van der Waals surface area contributed by atoms with Crippen LogP contribution in [0.5, 0.6) is 0 Å². The molecule has 1 radical (unpaired) electrons. The zero-order valence-electron chi connectivity index (χ0n) is 27.5. The monoisotopic (exact) mass is 895 g/mol. The molecule has 0 saturated heterocycles. The maximum absolute atomic E-state index is 12.6. The fraction of sp³-hybridized carbons (Fsp3) is 0. The van der Waals surface area contributed by atoms with E-state index in [2.05, 4.69) is 39.9 Å². The van der Waals surface area contributed by atoms with Crippen molar-refractivity contribution >= 4 is 84.6 Å². The van der Waals surface area contributed by atoms with Gasteiger partial charge in [0.1, 0.15) is 4.90 Å². The summed E-state index contributed by atoms with van der Waals surface area (Å²) in [5.41, 5.74) is -0.848. The van der Waals surface area contributed by atoms with Crippen molar-refractivity contribution in [3.05, 3.63) is 72.8 Å². The van der Waals surface area contributed by atoms with Crippen LogP contribution in [-0.4, -0.2) is 81.8 Å². The summed E-state index contributed by atoms with van der Waals surface area (Å²) < 4.78 is 138. The van der Waals surface area contributed by atoms with Crippen molar-refractivity contribution in [2.24, 2.45) is 0 Å². The van der Waals surface area contributed by atoms with Gasteiger partial charge in [0.2, 0.25) is 0 Å². The van der Waals surface area contributed by atoms with E-state index in [0.29, 0.717) is 0 Å². The normalized spacial score (nSPS) is 13.0. The molecule has 25 heteroatoms. The molecule has 291 valence electrons. The Labute approximate surface area is 329 Å². The molecule has 9 rings (SSSR count). The smallest absolute Gasteiger partial charge is 0.357 e. The Balaban J connectivity index is 0.00000455. The van der Waals surface area contributed by atoms with Gasteiger partial charge in [0.05, 0.1) is 38.0 Å². The SMILES string of the molecule is O=S(=O)(O)c1ccc2c(c1)-c1nc-2nc2[n-]c(nc3nc(nc4[n-]c(n1)c1ccc(S(=O)(=O)O)cc41)-c1cccc(S(=O)(=O)O)c1-3)c1ccc(S(=O)(=O)O)cc21.[Cu+2]. The van der Waals surface area contributed by atoms with Crippen LogP contribution in [0.15, 0.2) is 92.4 Å². The van der Waals surface area contributed by atoms with Crippen molar-refractivity contribution in [1.29, 1.82) is 0 Å². The van der Waals surface area contributed by atoms with Crippen molar-refractivity contribution in [2.45, 2.75) is 19.6 Å². The van der Waals surface area contributed by atoms with Gasteiger partial charge in [0, 0.05) is 44.8 Å². The van der Waals surface area contributed by atoms with Gasteiger partial charge in [-0.05, 0) is 64.0 Å². The number of hydrogen-bond donors (Lipinski definition) is 4. The fourth-order valence-electron chi connectivity index (χ4n) is 6.31. The van der Waals surface area contributed by atoms with Gasteiger partial charge in [-0.3, -0.25) is 18.2 Å². The Bertz CT molecular complexity index is 3580. The largest absolute Gasteiger partial charge is 2.00 e. The van der Waals surface area contributed by atoms with Crippen LogP contribution >= 0.6 is 0 Å². The van der Waals surface area contributed by atoms with E-state index in [1.165, 1.54) is 30.3 Å². The molecule has 0 unspecified atom stereocenters. The first-order valence-electron chi connectivity index (χ1n) is 15.4. The topological polar surface area (TPSA) is 323 Å². The summed E-state index contributed by atoms with van der Waals surface area (Å²) in [7, 11) is -19.2. The Morgan fingerprint density at radius 2 is 0.825 bits per heavy atom. The van der Waals surface area contributed by atoms with E-state index in [0.717, 1.165) is 42.5 Å². The molecule has 0 atom stereocenters. The zero-order valence-corrected chi connectivity index (χ0v) is 31.7. The van der Waals surface area contributed by atoms with Crippen LogP contribution < -0.4 is 9.97 Å². The second-order valence-electron chi connectivity index (χ2n) is 12.2. The summed E-state index contributed by atoms with van der Waals surface area (Å²) in [6.45, 7) is 0. The molecule has 3 aromatic heterocycles. The molecule has 57 heavy (non-hydrogen) atoms. The molecule has 0 amide bonds. The molecule has 7 aromatic rings. The van der Waals surface area contributed by atoms with E-state index in [9.17, 15) is 51.9 Å². The van der Waals surface area contributed by atoms with Crippen LogP contribution in [-0.2, 0) is 57.5 Å². The van der Waals surface area contributed by atoms with Gasteiger partial charge in [-0.2, -0.15) is 33.7 Å². The molecule has 0 spiro atoms. The number of benzene rings is 4. The van der Waals surface area contributed by atoms with Gasteiger partial charge >= 0.3 is 17.1 Å². The first kappa shape index (κ1) is 38.3. The molecule has 2 aliphatic heterocycles. The molecule has 4 N–H and O–H groups in total. The van der Waals surface area contributed by atoms with Gasteiger partial charge in [0.15, 0.2) is 0 Å². The average Bonchev–Trinajstić information content (AvgIpc) is 3.84. The summed E-state index contributed by atoms with van der Waals surface area (Å²) in [6.07, 6.45) is 0. The van der Waals surface area contributed by atoms with Crippen LogP contribution in [0.25, 0.3) is 89.7 Å². The minimum Gasteiger partial charge on any atom is -0.357 e. The second kappa shape index (κ2) is 12.7. The number of aromatic nitrogens is 8. The molecule has 8 bridgehead atoms.